The van der Waals surface area contributed by atoms with Crippen molar-refractivity contribution >= 4 is 6.09 Å². The molecule has 2 atom stereocenters. The van der Waals surface area contributed by atoms with Gasteiger partial charge in [0.05, 0.1) is 0 Å². The van der Waals surface area contributed by atoms with Gasteiger partial charge in [-0.05, 0) is 57.9 Å². The molecule has 9 heteroatoms. The highest BCUT2D eigenvalue weighted by atomic mass is 19.1. The van der Waals surface area contributed by atoms with Gasteiger partial charge in [-0.25, -0.2) is 23.5 Å². The zero-order valence-corrected chi connectivity index (χ0v) is 19.2. The third-order valence-corrected chi connectivity index (χ3v) is 3.92. The van der Waals surface area contributed by atoms with Gasteiger partial charge >= 0.3 is 6.09 Å². The molecule has 0 N–H and O–H groups in total. The van der Waals surface area contributed by atoms with Gasteiger partial charge in [-0.3, -0.25) is 4.90 Å². The maximum absolute atomic E-state index is 13.1. The van der Waals surface area contributed by atoms with E-state index in [4.69, 9.17) is 14.2 Å². The van der Waals surface area contributed by atoms with Crippen LogP contribution in [0, 0.1) is 0 Å². The number of amides is 1. The molecule has 2 heterocycles. The smallest absolute Gasteiger partial charge is 0.410 e. The molecule has 7 nitrogen and oxygen atoms in total. The SMILES string of the molecule is CC(F)COc1cc(CN(Cc2ccnc(OCC(C)F)c2)C(=O)OC(C)(C)C)ccn1. The maximum atomic E-state index is 13.1. The predicted octanol–water partition coefficient (Wildman–Crippen LogP) is 4.89. The van der Waals surface area contributed by atoms with Crippen LogP contribution in [0.3, 0.4) is 0 Å². The van der Waals surface area contributed by atoms with E-state index >= 15 is 0 Å². The fourth-order valence-corrected chi connectivity index (χ4v) is 2.61. The zero-order valence-electron chi connectivity index (χ0n) is 19.2. The highest BCUT2D eigenvalue weighted by Gasteiger charge is 2.23. The van der Waals surface area contributed by atoms with Crippen LogP contribution in [0.1, 0.15) is 45.7 Å². The lowest BCUT2D eigenvalue weighted by Crippen LogP contribution is -2.36. The lowest BCUT2D eigenvalue weighted by atomic mass is 10.2. The van der Waals surface area contributed by atoms with Gasteiger partial charge in [-0.2, -0.15) is 0 Å². The van der Waals surface area contributed by atoms with Crippen molar-refractivity contribution < 1.29 is 27.8 Å². The molecule has 0 aliphatic carbocycles. The predicted molar refractivity (Wildman–Crippen MR) is 116 cm³/mol. The monoisotopic (exact) mass is 451 g/mol. The normalized spacial score (nSPS) is 13.2. The van der Waals surface area contributed by atoms with Gasteiger partial charge in [0.15, 0.2) is 0 Å². The van der Waals surface area contributed by atoms with Crippen LogP contribution >= 0.6 is 0 Å². The molecule has 0 saturated carbocycles. The number of pyridine rings is 2. The zero-order chi connectivity index (χ0) is 23.7. The Balaban J connectivity index is 2.19. The first-order chi connectivity index (χ1) is 15.0. The van der Waals surface area contributed by atoms with Crippen molar-refractivity contribution in [2.75, 3.05) is 13.2 Å². The summed E-state index contributed by atoms with van der Waals surface area (Å²) in [4.78, 5) is 22.5. The highest BCUT2D eigenvalue weighted by molar-refractivity contribution is 5.68. The van der Waals surface area contributed by atoms with E-state index < -0.39 is 24.0 Å². The number of hydrogen-bond donors (Lipinski definition) is 0. The number of aromatic nitrogens is 2. The first-order valence-electron chi connectivity index (χ1n) is 10.4. The molecular weight excluding hydrogens is 420 g/mol. The van der Waals surface area contributed by atoms with Crippen LogP contribution in [0.25, 0.3) is 0 Å². The second kappa shape index (κ2) is 11.6. The fourth-order valence-electron chi connectivity index (χ4n) is 2.61. The van der Waals surface area contributed by atoms with Gasteiger partial charge in [0.1, 0.15) is 31.2 Å². The average molecular weight is 452 g/mol. The summed E-state index contributed by atoms with van der Waals surface area (Å²) in [7, 11) is 0. The van der Waals surface area contributed by atoms with Crippen LogP contribution in [0.2, 0.25) is 0 Å². The topological polar surface area (TPSA) is 73.8 Å². The summed E-state index contributed by atoms with van der Waals surface area (Å²) in [5.41, 5.74) is 0.802. The molecule has 0 bridgehead atoms. The number of nitrogens with zero attached hydrogens (tertiary/aromatic N) is 3. The number of carbonyl (C=O) groups is 1. The summed E-state index contributed by atoms with van der Waals surface area (Å²) < 4.78 is 42.4. The van der Waals surface area contributed by atoms with Crippen molar-refractivity contribution in [3.63, 3.8) is 0 Å². The van der Waals surface area contributed by atoms with E-state index in [0.717, 1.165) is 11.1 Å². The van der Waals surface area contributed by atoms with Crippen molar-refractivity contribution in [3.8, 4) is 11.8 Å². The summed E-state index contributed by atoms with van der Waals surface area (Å²) in [6.45, 7) is 8.36. The lowest BCUT2D eigenvalue weighted by molar-refractivity contribution is 0.0216. The van der Waals surface area contributed by atoms with Crippen LogP contribution in [-0.4, -0.2) is 52.1 Å². The molecular formula is C23H31F2N3O4. The molecule has 2 aromatic rings. The molecule has 0 fully saturated rings. The Bertz CT molecular complexity index is 815. The van der Waals surface area contributed by atoms with Crippen LogP contribution < -0.4 is 9.47 Å². The van der Waals surface area contributed by atoms with Crippen molar-refractivity contribution in [2.45, 2.75) is 65.7 Å². The minimum Gasteiger partial charge on any atom is -0.475 e. The third kappa shape index (κ3) is 9.45. The quantitative estimate of drug-likeness (QED) is 0.512. The molecule has 1 amide bonds. The average Bonchev–Trinajstić information content (AvgIpc) is 2.69. The number of rotatable bonds is 10. The molecule has 0 saturated heterocycles. The van der Waals surface area contributed by atoms with Crippen molar-refractivity contribution in [1.29, 1.82) is 0 Å². The van der Waals surface area contributed by atoms with Crippen molar-refractivity contribution in [3.05, 3.63) is 47.8 Å². The number of carbonyl (C=O) groups excluding carboxylic acids is 1. The number of ether oxygens (including phenoxy) is 3. The molecule has 2 rings (SSSR count). The van der Waals surface area contributed by atoms with Crippen LogP contribution in [0.4, 0.5) is 13.6 Å². The third-order valence-electron chi connectivity index (χ3n) is 3.92. The van der Waals surface area contributed by atoms with E-state index in [1.807, 2.05) is 0 Å². The van der Waals surface area contributed by atoms with Gasteiger partial charge in [0.25, 0.3) is 0 Å². The Morgan fingerprint density at radius 2 is 1.38 bits per heavy atom. The van der Waals surface area contributed by atoms with E-state index in [9.17, 15) is 13.6 Å². The number of hydrogen-bond acceptors (Lipinski definition) is 6. The molecule has 2 aromatic heterocycles. The summed E-state index contributed by atoms with van der Waals surface area (Å²) in [6, 6.07) is 6.80. The van der Waals surface area contributed by atoms with E-state index in [-0.39, 0.29) is 38.1 Å². The Kier molecular flexibility index (Phi) is 9.16. The summed E-state index contributed by atoms with van der Waals surface area (Å²) in [6.07, 6.45) is 0.324. The highest BCUT2D eigenvalue weighted by Crippen LogP contribution is 2.19. The van der Waals surface area contributed by atoms with Crippen LogP contribution in [0.5, 0.6) is 11.8 Å². The van der Waals surface area contributed by atoms with Gasteiger partial charge in [0, 0.05) is 37.6 Å². The van der Waals surface area contributed by atoms with Crippen molar-refractivity contribution in [1.82, 2.24) is 14.9 Å². The number of halogens is 2. The van der Waals surface area contributed by atoms with Crippen LogP contribution in [0.15, 0.2) is 36.7 Å². The maximum Gasteiger partial charge on any atom is 0.410 e. The molecule has 32 heavy (non-hydrogen) atoms. The van der Waals surface area contributed by atoms with E-state index in [2.05, 4.69) is 9.97 Å². The molecule has 0 aliphatic heterocycles. The van der Waals surface area contributed by atoms with Gasteiger partial charge in [-0.1, -0.05) is 0 Å². The molecule has 2 unspecified atom stereocenters. The fraction of sp³-hybridized carbons (Fsp3) is 0.522. The molecule has 0 aliphatic rings. The largest absolute Gasteiger partial charge is 0.475 e. The summed E-state index contributed by atoms with van der Waals surface area (Å²) >= 11 is 0. The minimum absolute atomic E-state index is 0.108. The summed E-state index contributed by atoms with van der Waals surface area (Å²) in [5, 5.41) is 0. The van der Waals surface area contributed by atoms with E-state index in [1.54, 1.807) is 45.0 Å². The minimum atomic E-state index is -1.12. The van der Waals surface area contributed by atoms with Gasteiger partial charge in [-0.15, -0.1) is 0 Å². The Morgan fingerprint density at radius 3 is 1.75 bits per heavy atom. The molecule has 0 spiro atoms. The molecule has 0 aromatic carbocycles. The lowest BCUT2D eigenvalue weighted by Gasteiger charge is -2.27. The second-order valence-corrected chi connectivity index (χ2v) is 8.52. The van der Waals surface area contributed by atoms with Crippen molar-refractivity contribution in [2.24, 2.45) is 0 Å². The number of alkyl halides is 2. The summed E-state index contributed by atoms with van der Waals surface area (Å²) in [5.74, 6) is 0.548. The standard InChI is InChI=1S/C23H31F2N3O4/c1-16(24)14-30-20-10-18(6-8-26-20)12-28(22(29)32-23(3,4)5)13-19-7-9-27-21(11-19)31-15-17(2)25/h6-11,16-17H,12-15H2,1-5H3. The second-order valence-electron chi connectivity index (χ2n) is 8.52. The first-order valence-corrected chi connectivity index (χ1v) is 10.4. The Hall–Kier alpha value is -2.97. The molecule has 176 valence electrons. The Morgan fingerprint density at radius 1 is 0.938 bits per heavy atom. The van der Waals surface area contributed by atoms with E-state index in [0.29, 0.717) is 0 Å². The van der Waals surface area contributed by atoms with E-state index in [1.165, 1.54) is 31.1 Å². The van der Waals surface area contributed by atoms with Gasteiger partial charge in [0.2, 0.25) is 11.8 Å². The molecule has 0 radical (unpaired) electrons. The Labute approximate surface area is 187 Å². The van der Waals surface area contributed by atoms with Crippen LogP contribution in [-0.2, 0) is 17.8 Å². The first kappa shape index (κ1) is 25.3. The van der Waals surface area contributed by atoms with Gasteiger partial charge < -0.3 is 14.2 Å².